The van der Waals surface area contributed by atoms with E-state index in [4.69, 9.17) is 0 Å². The summed E-state index contributed by atoms with van der Waals surface area (Å²) in [6.45, 7) is 2.00. The molecule has 3 nitrogen and oxygen atoms in total. The second-order valence-corrected chi connectivity index (χ2v) is 7.82. The molecule has 28 heavy (non-hydrogen) atoms. The Bertz CT molecular complexity index is 1130. The van der Waals surface area contributed by atoms with Crippen molar-refractivity contribution in [3.05, 3.63) is 65.2 Å². The monoisotopic (exact) mass is 366 g/mol. The van der Waals surface area contributed by atoms with Gasteiger partial charge in [-0.3, -0.25) is 4.79 Å². The molecule has 1 aliphatic heterocycles. The normalized spacial score (nSPS) is 16.2. The van der Waals surface area contributed by atoms with E-state index in [0.29, 0.717) is 19.3 Å². The third-order valence-electron chi connectivity index (χ3n) is 6.19. The number of hydrogen-bond donors (Lipinski definition) is 0. The number of benzene rings is 3. The predicted octanol–water partition coefficient (Wildman–Crippen LogP) is 5.04. The Morgan fingerprint density at radius 1 is 0.893 bits per heavy atom. The van der Waals surface area contributed by atoms with Gasteiger partial charge in [-0.25, -0.2) is 0 Å². The van der Waals surface area contributed by atoms with Gasteiger partial charge in [0.1, 0.15) is 11.9 Å². The van der Waals surface area contributed by atoms with E-state index in [1.807, 2.05) is 0 Å². The molecule has 3 heteroatoms. The lowest BCUT2D eigenvalue weighted by Gasteiger charge is -2.27. The van der Waals surface area contributed by atoms with Crippen LogP contribution in [-0.2, 0) is 17.6 Å². The lowest BCUT2D eigenvalue weighted by atomic mass is 9.81. The first-order valence-electron chi connectivity index (χ1n) is 10.1. The summed E-state index contributed by atoms with van der Waals surface area (Å²) in [4.78, 5) is 14.7. The Labute approximate surface area is 165 Å². The molecule has 0 unspecified atom stereocenters. The van der Waals surface area contributed by atoms with Crippen molar-refractivity contribution in [1.82, 2.24) is 0 Å². The quantitative estimate of drug-likeness (QED) is 0.638. The van der Waals surface area contributed by atoms with Crippen LogP contribution in [0.2, 0.25) is 0 Å². The van der Waals surface area contributed by atoms with Crippen molar-refractivity contribution in [2.24, 2.45) is 0 Å². The minimum Gasteiger partial charge on any atom is -0.370 e. The van der Waals surface area contributed by atoms with E-state index in [2.05, 4.69) is 59.5 Å². The van der Waals surface area contributed by atoms with Crippen molar-refractivity contribution in [2.75, 3.05) is 18.0 Å². The Morgan fingerprint density at radius 3 is 2.50 bits per heavy atom. The molecule has 2 aliphatic rings. The SMILES string of the molecule is N#Cc1c(N2CCCC2)cc(-c2cccc3ccccc23)c2c1CCC(=O)C2. The largest absolute Gasteiger partial charge is 0.370 e. The molecule has 1 heterocycles. The molecule has 1 saturated heterocycles. The summed E-state index contributed by atoms with van der Waals surface area (Å²) in [6.07, 6.45) is 3.99. The molecular weight excluding hydrogens is 344 g/mol. The minimum absolute atomic E-state index is 0.270. The van der Waals surface area contributed by atoms with Crippen LogP contribution in [0.3, 0.4) is 0 Å². The van der Waals surface area contributed by atoms with Gasteiger partial charge in [-0.1, -0.05) is 42.5 Å². The first-order valence-corrected chi connectivity index (χ1v) is 10.1. The third kappa shape index (κ3) is 2.68. The van der Waals surface area contributed by atoms with Crippen LogP contribution < -0.4 is 4.90 Å². The number of Topliss-reactive ketones (excluding diaryl/α,β-unsaturated/α-hetero) is 1. The molecular formula is C25H22N2O. The molecule has 5 rings (SSSR count). The van der Waals surface area contributed by atoms with Crippen molar-refractivity contribution >= 4 is 22.2 Å². The number of anilines is 1. The van der Waals surface area contributed by atoms with Gasteiger partial charge in [-0.05, 0) is 58.4 Å². The smallest absolute Gasteiger partial charge is 0.137 e. The summed E-state index contributed by atoms with van der Waals surface area (Å²) < 4.78 is 0. The number of rotatable bonds is 2. The number of nitriles is 1. The highest BCUT2D eigenvalue weighted by Gasteiger charge is 2.27. The fourth-order valence-electron chi connectivity index (χ4n) is 4.82. The first-order chi connectivity index (χ1) is 13.8. The van der Waals surface area contributed by atoms with Crippen molar-refractivity contribution in [3.63, 3.8) is 0 Å². The molecule has 3 aromatic rings. The van der Waals surface area contributed by atoms with Crippen LogP contribution in [0.1, 0.15) is 36.0 Å². The van der Waals surface area contributed by atoms with Gasteiger partial charge >= 0.3 is 0 Å². The lowest BCUT2D eigenvalue weighted by molar-refractivity contribution is -0.118. The number of carbonyl (C=O) groups excluding carboxylic acids is 1. The number of nitrogens with zero attached hydrogens (tertiary/aromatic N) is 2. The zero-order chi connectivity index (χ0) is 19.1. The van der Waals surface area contributed by atoms with Crippen molar-refractivity contribution < 1.29 is 4.79 Å². The number of carbonyl (C=O) groups is 1. The average molecular weight is 366 g/mol. The van der Waals surface area contributed by atoms with Crippen molar-refractivity contribution in [3.8, 4) is 17.2 Å². The molecule has 0 atom stereocenters. The lowest BCUT2D eigenvalue weighted by Crippen LogP contribution is -2.22. The predicted molar refractivity (Wildman–Crippen MR) is 113 cm³/mol. The summed E-state index contributed by atoms with van der Waals surface area (Å²) in [5.74, 6) is 0.270. The Balaban J connectivity index is 1.82. The van der Waals surface area contributed by atoms with Gasteiger partial charge in [0, 0.05) is 25.9 Å². The molecule has 0 spiro atoms. The first kappa shape index (κ1) is 17.0. The maximum Gasteiger partial charge on any atom is 0.137 e. The van der Waals surface area contributed by atoms with Crippen LogP contribution in [0.4, 0.5) is 5.69 Å². The van der Waals surface area contributed by atoms with E-state index in [-0.39, 0.29) is 5.78 Å². The average Bonchev–Trinajstić information content (AvgIpc) is 3.27. The van der Waals surface area contributed by atoms with E-state index in [1.54, 1.807) is 0 Å². The van der Waals surface area contributed by atoms with Crippen molar-refractivity contribution in [2.45, 2.75) is 32.1 Å². The molecule has 0 amide bonds. The van der Waals surface area contributed by atoms with E-state index in [1.165, 1.54) is 23.6 Å². The van der Waals surface area contributed by atoms with E-state index < -0.39 is 0 Å². The molecule has 0 saturated carbocycles. The van der Waals surface area contributed by atoms with E-state index in [0.717, 1.165) is 46.6 Å². The Kier molecular flexibility index (Phi) is 4.13. The second-order valence-electron chi connectivity index (χ2n) is 7.82. The molecule has 1 aliphatic carbocycles. The van der Waals surface area contributed by atoms with Gasteiger partial charge in [-0.2, -0.15) is 5.26 Å². The molecule has 0 N–H and O–H groups in total. The fraction of sp³-hybridized carbons (Fsp3) is 0.280. The van der Waals surface area contributed by atoms with Crippen LogP contribution in [-0.4, -0.2) is 18.9 Å². The van der Waals surface area contributed by atoms with Gasteiger partial charge in [0.05, 0.1) is 11.3 Å². The maximum atomic E-state index is 12.3. The fourth-order valence-corrected chi connectivity index (χ4v) is 4.82. The molecule has 0 bridgehead atoms. The van der Waals surface area contributed by atoms with Crippen molar-refractivity contribution in [1.29, 1.82) is 5.26 Å². The Morgan fingerprint density at radius 2 is 1.68 bits per heavy atom. The van der Waals surface area contributed by atoms with Gasteiger partial charge in [0.25, 0.3) is 0 Å². The van der Waals surface area contributed by atoms with E-state index in [9.17, 15) is 10.1 Å². The zero-order valence-electron chi connectivity index (χ0n) is 15.9. The topological polar surface area (TPSA) is 44.1 Å². The summed E-state index contributed by atoms with van der Waals surface area (Å²) in [5, 5.41) is 12.4. The highest BCUT2D eigenvalue weighted by Crippen LogP contribution is 2.41. The van der Waals surface area contributed by atoms with Gasteiger partial charge in [-0.15, -0.1) is 0 Å². The molecule has 0 radical (unpaired) electrons. The summed E-state index contributed by atoms with van der Waals surface area (Å²) >= 11 is 0. The molecule has 0 aromatic heterocycles. The van der Waals surface area contributed by atoms with Crippen LogP contribution in [0.15, 0.2) is 48.5 Å². The van der Waals surface area contributed by atoms with Crippen LogP contribution in [0.25, 0.3) is 21.9 Å². The summed E-state index contributed by atoms with van der Waals surface area (Å²) in [6, 6.07) is 19.4. The number of hydrogen-bond acceptors (Lipinski definition) is 3. The van der Waals surface area contributed by atoms with Crippen LogP contribution >= 0.6 is 0 Å². The highest BCUT2D eigenvalue weighted by molar-refractivity contribution is 6.00. The Hall–Kier alpha value is -3.12. The van der Waals surface area contributed by atoms with Crippen LogP contribution in [0.5, 0.6) is 0 Å². The maximum absolute atomic E-state index is 12.3. The zero-order valence-corrected chi connectivity index (χ0v) is 15.9. The second kappa shape index (κ2) is 6.80. The van der Waals surface area contributed by atoms with Crippen LogP contribution in [0, 0.1) is 11.3 Å². The summed E-state index contributed by atoms with van der Waals surface area (Å²) in [7, 11) is 0. The number of ketones is 1. The van der Waals surface area contributed by atoms with Gasteiger partial charge in [0.2, 0.25) is 0 Å². The molecule has 1 fully saturated rings. The van der Waals surface area contributed by atoms with Gasteiger partial charge in [0.15, 0.2) is 0 Å². The standard InChI is InChI=1S/C25H22N2O/c26-16-24-21-11-10-18(28)14-22(21)23(15-25(24)27-12-3-4-13-27)20-9-5-7-17-6-1-2-8-19(17)20/h1-2,5-9,15H,3-4,10-14H2. The minimum atomic E-state index is 0.270. The van der Waals surface area contributed by atoms with Gasteiger partial charge < -0.3 is 4.90 Å². The third-order valence-corrected chi connectivity index (χ3v) is 6.19. The van der Waals surface area contributed by atoms with E-state index >= 15 is 0 Å². The summed E-state index contributed by atoms with van der Waals surface area (Å²) in [5.41, 5.74) is 6.28. The molecule has 3 aromatic carbocycles. The number of fused-ring (bicyclic) bond motifs is 2. The highest BCUT2D eigenvalue weighted by atomic mass is 16.1. The molecule has 138 valence electrons.